The van der Waals surface area contributed by atoms with Crippen molar-refractivity contribution in [3.8, 4) is 0 Å². The van der Waals surface area contributed by atoms with Crippen LogP contribution in [0.4, 0.5) is 10.6 Å². The van der Waals surface area contributed by atoms with Crippen LogP contribution < -0.4 is 10.6 Å². The molecule has 1 saturated heterocycles. The third-order valence-electron chi connectivity index (χ3n) is 4.50. The molecular formula is C16H24N6O2. The first-order chi connectivity index (χ1) is 11.5. The van der Waals surface area contributed by atoms with E-state index in [-0.39, 0.29) is 6.03 Å². The van der Waals surface area contributed by atoms with Crippen molar-refractivity contribution in [2.24, 2.45) is 13.0 Å². The molecule has 2 aromatic heterocycles. The molecule has 0 aromatic carbocycles. The number of carbonyl (C=O) groups excluding carboxylic acids is 1. The number of anilines is 1. The van der Waals surface area contributed by atoms with Crippen molar-refractivity contribution >= 4 is 11.8 Å². The van der Waals surface area contributed by atoms with Gasteiger partial charge in [0.05, 0.1) is 18.5 Å². The molecule has 24 heavy (non-hydrogen) atoms. The van der Waals surface area contributed by atoms with Crippen molar-refractivity contribution in [3.05, 3.63) is 29.2 Å². The number of rotatable bonds is 5. The van der Waals surface area contributed by atoms with Crippen LogP contribution in [0.1, 0.15) is 23.4 Å². The van der Waals surface area contributed by atoms with Crippen LogP contribution in [0.25, 0.3) is 0 Å². The zero-order valence-electron chi connectivity index (χ0n) is 14.4. The predicted molar refractivity (Wildman–Crippen MR) is 89.7 cm³/mol. The van der Waals surface area contributed by atoms with Gasteiger partial charge in [-0.05, 0) is 20.3 Å². The van der Waals surface area contributed by atoms with Crippen LogP contribution in [-0.4, -0.2) is 38.8 Å². The number of hydrogen-bond acceptors (Lipinski definition) is 4. The van der Waals surface area contributed by atoms with Crippen molar-refractivity contribution < 1.29 is 9.53 Å². The van der Waals surface area contributed by atoms with Gasteiger partial charge >= 0.3 is 6.03 Å². The molecule has 0 saturated carbocycles. The van der Waals surface area contributed by atoms with Crippen LogP contribution in [0, 0.1) is 19.8 Å². The minimum absolute atomic E-state index is 0.248. The molecule has 1 atom stereocenters. The highest BCUT2D eigenvalue weighted by Gasteiger charge is 2.18. The Morgan fingerprint density at radius 1 is 1.46 bits per heavy atom. The van der Waals surface area contributed by atoms with Crippen LogP contribution in [0.2, 0.25) is 0 Å². The normalized spacial score (nSPS) is 17.2. The summed E-state index contributed by atoms with van der Waals surface area (Å²) in [4.78, 5) is 12.2. The number of nitrogens with zero attached hydrogens (tertiary/aromatic N) is 4. The number of hydrogen-bond donors (Lipinski definition) is 2. The Kier molecular flexibility index (Phi) is 4.84. The lowest BCUT2D eigenvalue weighted by Crippen LogP contribution is -2.30. The van der Waals surface area contributed by atoms with Gasteiger partial charge in [-0.25, -0.2) is 9.48 Å². The number of amides is 2. The Hall–Kier alpha value is -2.35. The maximum absolute atomic E-state index is 12.2. The lowest BCUT2D eigenvalue weighted by atomic mass is 10.1. The largest absolute Gasteiger partial charge is 0.381 e. The highest BCUT2D eigenvalue weighted by molar-refractivity contribution is 5.88. The number of aryl methyl sites for hydroxylation is 2. The molecule has 2 N–H and O–H groups in total. The van der Waals surface area contributed by atoms with E-state index in [1.165, 1.54) is 0 Å². The molecule has 1 fully saturated rings. The first-order valence-corrected chi connectivity index (χ1v) is 8.18. The van der Waals surface area contributed by atoms with Gasteiger partial charge in [-0.1, -0.05) is 0 Å². The molecule has 130 valence electrons. The molecule has 3 rings (SSSR count). The molecule has 3 heterocycles. The molecule has 1 aliphatic rings. The summed E-state index contributed by atoms with van der Waals surface area (Å²) < 4.78 is 9.03. The van der Waals surface area contributed by atoms with E-state index in [1.54, 1.807) is 12.3 Å². The van der Waals surface area contributed by atoms with Crippen molar-refractivity contribution in [3.63, 3.8) is 0 Å². The summed E-state index contributed by atoms with van der Waals surface area (Å²) in [6.45, 7) is 6.70. The first-order valence-electron chi connectivity index (χ1n) is 8.18. The molecular weight excluding hydrogens is 308 g/mol. The molecule has 0 unspecified atom stereocenters. The van der Waals surface area contributed by atoms with E-state index in [9.17, 15) is 4.79 Å². The summed E-state index contributed by atoms with van der Waals surface area (Å²) in [5.41, 5.74) is 3.03. The zero-order valence-corrected chi connectivity index (χ0v) is 14.4. The smallest absolute Gasteiger partial charge is 0.320 e. The Morgan fingerprint density at radius 3 is 2.96 bits per heavy atom. The van der Waals surface area contributed by atoms with Gasteiger partial charge < -0.3 is 10.1 Å². The minimum Gasteiger partial charge on any atom is -0.381 e. The number of nitrogens with one attached hydrogen (secondary N) is 2. The van der Waals surface area contributed by atoms with Crippen LogP contribution in [0.15, 0.2) is 12.3 Å². The predicted octanol–water partition coefficient (Wildman–Crippen LogP) is 1.59. The van der Waals surface area contributed by atoms with Crippen LogP contribution in [-0.2, 0) is 24.9 Å². The third kappa shape index (κ3) is 3.59. The molecule has 2 amide bonds. The fraction of sp³-hybridized carbons (Fsp3) is 0.562. The molecule has 1 aliphatic heterocycles. The Balaban J connectivity index is 1.56. The second-order valence-electron chi connectivity index (χ2n) is 6.21. The number of ether oxygens (including phenoxy) is 1. The van der Waals surface area contributed by atoms with E-state index in [1.807, 2.05) is 30.3 Å². The van der Waals surface area contributed by atoms with Gasteiger partial charge in [0.2, 0.25) is 0 Å². The maximum Gasteiger partial charge on any atom is 0.320 e. The van der Waals surface area contributed by atoms with E-state index >= 15 is 0 Å². The average molecular weight is 332 g/mol. The van der Waals surface area contributed by atoms with Crippen molar-refractivity contribution in [2.75, 3.05) is 18.5 Å². The van der Waals surface area contributed by atoms with Crippen molar-refractivity contribution in [1.29, 1.82) is 0 Å². The number of carbonyl (C=O) groups is 1. The molecule has 0 spiro atoms. The fourth-order valence-corrected chi connectivity index (χ4v) is 2.96. The zero-order chi connectivity index (χ0) is 17.1. The third-order valence-corrected chi connectivity index (χ3v) is 4.50. The first kappa shape index (κ1) is 16.5. The lowest BCUT2D eigenvalue weighted by Gasteiger charge is -2.13. The van der Waals surface area contributed by atoms with E-state index in [2.05, 4.69) is 20.8 Å². The molecule has 8 heteroatoms. The van der Waals surface area contributed by atoms with Gasteiger partial charge in [0.1, 0.15) is 5.82 Å². The van der Waals surface area contributed by atoms with E-state index in [4.69, 9.17) is 4.74 Å². The van der Waals surface area contributed by atoms with Crippen LogP contribution >= 0.6 is 0 Å². The minimum atomic E-state index is -0.248. The Labute approximate surface area is 141 Å². The van der Waals surface area contributed by atoms with E-state index in [0.29, 0.717) is 18.3 Å². The van der Waals surface area contributed by atoms with Gasteiger partial charge in [-0.3, -0.25) is 10.00 Å². The topological polar surface area (TPSA) is 86.0 Å². The molecule has 2 aromatic rings. The summed E-state index contributed by atoms with van der Waals surface area (Å²) in [5, 5.41) is 14.4. The number of aromatic nitrogens is 4. The summed E-state index contributed by atoms with van der Waals surface area (Å²) in [5.74, 6) is 1.15. The number of urea groups is 1. The maximum atomic E-state index is 12.2. The Bertz CT molecular complexity index is 714. The summed E-state index contributed by atoms with van der Waals surface area (Å²) in [7, 11) is 1.90. The molecule has 0 radical (unpaired) electrons. The van der Waals surface area contributed by atoms with Gasteiger partial charge in [-0.2, -0.15) is 10.2 Å². The van der Waals surface area contributed by atoms with Crippen molar-refractivity contribution in [1.82, 2.24) is 24.9 Å². The van der Waals surface area contributed by atoms with Gasteiger partial charge in [-0.15, -0.1) is 0 Å². The van der Waals surface area contributed by atoms with Gasteiger partial charge in [0, 0.05) is 50.0 Å². The quantitative estimate of drug-likeness (QED) is 0.871. The SMILES string of the molecule is Cc1nn(C)c(C)c1CNC(=O)Nc1ccnn1C[C@H]1CCOC1. The average Bonchev–Trinajstić information content (AvgIpc) is 3.24. The molecule has 0 aliphatic carbocycles. The van der Waals surface area contributed by atoms with E-state index < -0.39 is 0 Å². The second kappa shape index (κ2) is 7.04. The van der Waals surface area contributed by atoms with Crippen LogP contribution in [0.3, 0.4) is 0 Å². The van der Waals surface area contributed by atoms with Gasteiger partial charge in [0.15, 0.2) is 0 Å². The second-order valence-corrected chi connectivity index (χ2v) is 6.21. The molecule has 8 nitrogen and oxygen atoms in total. The van der Waals surface area contributed by atoms with E-state index in [0.717, 1.165) is 43.1 Å². The summed E-state index contributed by atoms with van der Waals surface area (Å²) >= 11 is 0. The summed E-state index contributed by atoms with van der Waals surface area (Å²) in [6, 6.07) is 1.55. The monoisotopic (exact) mass is 332 g/mol. The van der Waals surface area contributed by atoms with Gasteiger partial charge in [0.25, 0.3) is 0 Å². The summed E-state index contributed by atoms with van der Waals surface area (Å²) in [6.07, 6.45) is 2.73. The Morgan fingerprint density at radius 2 is 2.29 bits per heavy atom. The van der Waals surface area contributed by atoms with Crippen molar-refractivity contribution in [2.45, 2.75) is 33.4 Å². The fourth-order valence-electron chi connectivity index (χ4n) is 2.96. The lowest BCUT2D eigenvalue weighted by molar-refractivity contribution is 0.181. The van der Waals surface area contributed by atoms with Crippen LogP contribution in [0.5, 0.6) is 0 Å². The highest BCUT2D eigenvalue weighted by atomic mass is 16.5. The standard InChI is InChI=1S/C16H24N6O2/c1-11-14(12(2)21(3)20-11)8-17-16(23)19-15-4-6-18-22(15)9-13-5-7-24-10-13/h4,6,13H,5,7-10H2,1-3H3,(H2,17,19,23)/t13-/m1/s1. The molecule has 0 bridgehead atoms. The highest BCUT2D eigenvalue weighted by Crippen LogP contribution is 2.17.